The summed E-state index contributed by atoms with van der Waals surface area (Å²) >= 11 is 15.5. The fourth-order valence-corrected chi connectivity index (χ4v) is 3.19. The molecule has 3 aromatic rings. The molecular formula is C20H17BrCl2N2O. The van der Waals surface area contributed by atoms with Crippen LogP contribution in [0.15, 0.2) is 65.4 Å². The molecule has 0 spiro atoms. The van der Waals surface area contributed by atoms with Crippen molar-refractivity contribution in [1.29, 1.82) is 0 Å². The lowest BCUT2D eigenvalue weighted by Crippen LogP contribution is -2.13. The average molecular weight is 452 g/mol. The molecule has 134 valence electrons. The van der Waals surface area contributed by atoms with Gasteiger partial charge < -0.3 is 10.1 Å². The second-order valence-corrected chi connectivity index (χ2v) is 7.48. The van der Waals surface area contributed by atoms with E-state index >= 15 is 0 Å². The number of ether oxygens (including phenoxy) is 1. The van der Waals surface area contributed by atoms with Crippen LogP contribution in [0.4, 0.5) is 0 Å². The smallest absolute Gasteiger partial charge is 0.124 e. The lowest BCUT2D eigenvalue weighted by Gasteiger charge is -2.13. The highest BCUT2D eigenvalue weighted by Crippen LogP contribution is 2.26. The summed E-state index contributed by atoms with van der Waals surface area (Å²) in [5, 5.41) is 4.51. The van der Waals surface area contributed by atoms with Gasteiger partial charge in [-0.3, -0.25) is 4.98 Å². The molecular weight excluding hydrogens is 435 g/mol. The van der Waals surface area contributed by atoms with E-state index in [9.17, 15) is 0 Å². The van der Waals surface area contributed by atoms with Crippen molar-refractivity contribution in [2.75, 3.05) is 0 Å². The zero-order chi connectivity index (χ0) is 18.4. The first-order valence-corrected chi connectivity index (χ1v) is 9.61. The van der Waals surface area contributed by atoms with E-state index in [1.54, 1.807) is 18.5 Å². The number of rotatable bonds is 7. The van der Waals surface area contributed by atoms with Gasteiger partial charge >= 0.3 is 0 Å². The van der Waals surface area contributed by atoms with E-state index in [0.717, 1.165) is 27.9 Å². The lowest BCUT2D eigenvalue weighted by atomic mass is 10.2. The monoisotopic (exact) mass is 450 g/mol. The van der Waals surface area contributed by atoms with Crippen molar-refractivity contribution in [3.63, 3.8) is 0 Å². The zero-order valence-corrected chi connectivity index (χ0v) is 17.0. The molecule has 0 aliphatic heterocycles. The fraction of sp³-hybridized carbons (Fsp3) is 0.150. The maximum absolute atomic E-state index is 6.07. The summed E-state index contributed by atoms with van der Waals surface area (Å²) in [6, 6.07) is 15.5. The Morgan fingerprint density at radius 3 is 2.46 bits per heavy atom. The number of nitrogens with zero attached hydrogens (tertiary/aromatic N) is 1. The molecule has 0 radical (unpaired) electrons. The van der Waals surface area contributed by atoms with Gasteiger partial charge in [0.2, 0.25) is 0 Å². The van der Waals surface area contributed by atoms with Crippen LogP contribution in [-0.4, -0.2) is 4.98 Å². The minimum Gasteiger partial charge on any atom is -0.489 e. The van der Waals surface area contributed by atoms with Crippen LogP contribution in [0.5, 0.6) is 5.75 Å². The first-order valence-electron chi connectivity index (χ1n) is 8.06. The zero-order valence-electron chi connectivity index (χ0n) is 13.9. The highest BCUT2D eigenvalue weighted by atomic mass is 79.9. The number of nitrogens with one attached hydrogen (secondary N) is 1. The molecule has 0 saturated carbocycles. The van der Waals surface area contributed by atoms with E-state index < -0.39 is 0 Å². The minimum atomic E-state index is 0.426. The summed E-state index contributed by atoms with van der Waals surface area (Å²) in [6.45, 7) is 1.88. The number of pyridine rings is 1. The lowest BCUT2D eigenvalue weighted by molar-refractivity contribution is 0.302. The summed E-state index contributed by atoms with van der Waals surface area (Å²) in [6.07, 6.45) is 3.59. The van der Waals surface area contributed by atoms with Gasteiger partial charge in [0, 0.05) is 35.5 Å². The van der Waals surface area contributed by atoms with Gasteiger partial charge in [-0.25, -0.2) is 0 Å². The predicted octanol–water partition coefficient (Wildman–Crippen LogP) is 6.02. The molecule has 3 nitrogen and oxygen atoms in total. The standard InChI is InChI=1S/C20H17BrCl2N2O/c21-17-2-4-20(26-13-15-1-3-18(22)19(23)9-15)16(10-17)12-25-11-14-5-7-24-8-6-14/h1-10,25H,11-13H2. The van der Waals surface area contributed by atoms with Gasteiger partial charge in [0.1, 0.15) is 12.4 Å². The van der Waals surface area contributed by atoms with Gasteiger partial charge in [0.15, 0.2) is 0 Å². The third-order valence-electron chi connectivity index (χ3n) is 3.79. The Bertz CT molecular complexity index is 875. The summed E-state index contributed by atoms with van der Waals surface area (Å²) in [5.74, 6) is 0.835. The predicted molar refractivity (Wildman–Crippen MR) is 110 cm³/mol. The first kappa shape index (κ1) is 19.2. The van der Waals surface area contributed by atoms with E-state index in [1.807, 2.05) is 36.4 Å². The minimum absolute atomic E-state index is 0.426. The Morgan fingerprint density at radius 1 is 0.885 bits per heavy atom. The van der Waals surface area contributed by atoms with Crippen LogP contribution in [0, 0.1) is 0 Å². The number of benzene rings is 2. The van der Waals surface area contributed by atoms with Gasteiger partial charge in [0.05, 0.1) is 10.0 Å². The molecule has 1 aromatic heterocycles. The molecule has 3 rings (SSSR count). The van der Waals surface area contributed by atoms with E-state index in [1.165, 1.54) is 5.56 Å². The second kappa shape index (κ2) is 9.38. The Kier molecular flexibility index (Phi) is 6.92. The Balaban J connectivity index is 1.64. The van der Waals surface area contributed by atoms with Gasteiger partial charge in [-0.05, 0) is 53.6 Å². The van der Waals surface area contributed by atoms with Gasteiger partial charge in [-0.15, -0.1) is 0 Å². The van der Waals surface area contributed by atoms with Crippen LogP contribution in [0.3, 0.4) is 0 Å². The molecule has 1 N–H and O–H groups in total. The Labute approximate surface area is 171 Å². The summed E-state index contributed by atoms with van der Waals surface area (Å²) in [5.41, 5.74) is 3.24. The van der Waals surface area contributed by atoms with Crippen LogP contribution < -0.4 is 10.1 Å². The Morgan fingerprint density at radius 2 is 1.69 bits per heavy atom. The summed E-state index contributed by atoms with van der Waals surface area (Å²) < 4.78 is 7.02. The molecule has 0 saturated heterocycles. The van der Waals surface area contributed by atoms with Crippen LogP contribution in [0.1, 0.15) is 16.7 Å². The number of halogens is 3. The van der Waals surface area contributed by atoms with Crippen LogP contribution in [-0.2, 0) is 19.7 Å². The molecule has 0 unspecified atom stereocenters. The quantitative estimate of drug-likeness (QED) is 0.476. The number of hydrogen-bond donors (Lipinski definition) is 1. The molecule has 0 atom stereocenters. The molecule has 26 heavy (non-hydrogen) atoms. The number of hydrogen-bond acceptors (Lipinski definition) is 3. The van der Waals surface area contributed by atoms with Gasteiger partial charge in [0.25, 0.3) is 0 Å². The largest absolute Gasteiger partial charge is 0.489 e. The van der Waals surface area contributed by atoms with Crippen molar-refractivity contribution in [2.24, 2.45) is 0 Å². The first-order chi connectivity index (χ1) is 12.6. The van der Waals surface area contributed by atoms with E-state index in [0.29, 0.717) is 23.2 Å². The second-order valence-electron chi connectivity index (χ2n) is 5.75. The average Bonchev–Trinajstić information content (AvgIpc) is 2.65. The third-order valence-corrected chi connectivity index (χ3v) is 5.03. The molecule has 0 aliphatic carbocycles. The van der Waals surface area contributed by atoms with Crippen molar-refractivity contribution in [2.45, 2.75) is 19.7 Å². The van der Waals surface area contributed by atoms with Crippen molar-refractivity contribution >= 4 is 39.1 Å². The van der Waals surface area contributed by atoms with Crippen molar-refractivity contribution in [3.05, 3.63) is 92.1 Å². The van der Waals surface area contributed by atoms with Crippen molar-refractivity contribution in [1.82, 2.24) is 10.3 Å². The van der Waals surface area contributed by atoms with E-state index in [4.69, 9.17) is 27.9 Å². The third kappa shape index (κ3) is 5.45. The SMILES string of the molecule is Clc1ccc(COc2ccc(Br)cc2CNCc2ccncc2)cc1Cl. The van der Waals surface area contributed by atoms with Crippen LogP contribution in [0.2, 0.25) is 10.0 Å². The Hall–Kier alpha value is -1.59. The fourth-order valence-electron chi connectivity index (χ4n) is 2.46. The normalized spacial score (nSPS) is 10.7. The molecule has 2 aromatic carbocycles. The molecule has 0 fully saturated rings. The summed E-state index contributed by atoms with van der Waals surface area (Å²) in [4.78, 5) is 4.03. The van der Waals surface area contributed by atoms with Gasteiger partial charge in [-0.2, -0.15) is 0 Å². The summed E-state index contributed by atoms with van der Waals surface area (Å²) in [7, 11) is 0. The van der Waals surface area contributed by atoms with Crippen LogP contribution >= 0.6 is 39.1 Å². The highest BCUT2D eigenvalue weighted by molar-refractivity contribution is 9.10. The maximum atomic E-state index is 6.07. The van der Waals surface area contributed by atoms with Gasteiger partial charge in [-0.1, -0.05) is 45.2 Å². The molecule has 0 amide bonds. The maximum Gasteiger partial charge on any atom is 0.124 e. The molecule has 0 aliphatic rings. The molecule has 6 heteroatoms. The molecule has 1 heterocycles. The van der Waals surface area contributed by atoms with Crippen molar-refractivity contribution < 1.29 is 4.74 Å². The van der Waals surface area contributed by atoms with E-state index in [-0.39, 0.29) is 0 Å². The van der Waals surface area contributed by atoms with Crippen LogP contribution in [0.25, 0.3) is 0 Å². The van der Waals surface area contributed by atoms with Crippen molar-refractivity contribution in [3.8, 4) is 5.75 Å². The van der Waals surface area contributed by atoms with E-state index in [2.05, 4.69) is 32.3 Å². The topological polar surface area (TPSA) is 34.1 Å². The highest BCUT2D eigenvalue weighted by Gasteiger charge is 2.07. The molecule has 0 bridgehead atoms. The number of aromatic nitrogens is 1.